The first-order valence-electron chi connectivity index (χ1n) is 6.03. The number of allylic oxidation sites excluding steroid dienone is 1. The van der Waals surface area contributed by atoms with E-state index < -0.39 is 0 Å². The van der Waals surface area contributed by atoms with Gasteiger partial charge in [0.25, 0.3) is 0 Å². The minimum absolute atomic E-state index is 0.191. The zero-order chi connectivity index (χ0) is 14.2. The highest BCUT2D eigenvalue weighted by molar-refractivity contribution is 5.89. The van der Waals surface area contributed by atoms with E-state index in [1.807, 2.05) is 36.4 Å². The fourth-order valence-corrected chi connectivity index (χ4v) is 1.69. The lowest BCUT2D eigenvalue weighted by Crippen LogP contribution is -1.95. The Hall–Kier alpha value is -3.04. The standard InChI is InChI=1S/C17H12N2O/c1-2-11-20-17-9-4-3-7-14(17)12-15(13-18)16-8-5-6-10-19-16/h1,3-10,12H,11H2/b15-12+. The van der Waals surface area contributed by atoms with Gasteiger partial charge in [-0.25, -0.2) is 0 Å². The number of para-hydroxylation sites is 1. The highest BCUT2D eigenvalue weighted by Crippen LogP contribution is 2.23. The van der Waals surface area contributed by atoms with Crippen LogP contribution >= 0.6 is 0 Å². The lowest BCUT2D eigenvalue weighted by Gasteiger charge is -2.06. The third kappa shape index (κ3) is 3.25. The van der Waals surface area contributed by atoms with Crippen LogP contribution in [0.5, 0.6) is 5.75 Å². The van der Waals surface area contributed by atoms with Gasteiger partial charge in [0.1, 0.15) is 18.4 Å². The number of aromatic nitrogens is 1. The van der Waals surface area contributed by atoms with E-state index in [0.717, 1.165) is 5.56 Å². The van der Waals surface area contributed by atoms with Gasteiger partial charge in [-0.2, -0.15) is 5.26 Å². The second-order valence-electron chi connectivity index (χ2n) is 3.92. The van der Waals surface area contributed by atoms with Crippen LogP contribution in [0.1, 0.15) is 11.3 Å². The molecular weight excluding hydrogens is 248 g/mol. The molecular formula is C17H12N2O. The summed E-state index contributed by atoms with van der Waals surface area (Å²) < 4.78 is 5.46. The predicted molar refractivity (Wildman–Crippen MR) is 78.5 cm³/mol. The lowest BCUT2D eigenvalue weighted by atomic mass is 10.1. The Labute approximate surface area is 118 Å². The average Bonchev–Trinajstić information content (AvgIpc) is 2.52. The molecule has 0 fully saturated rings. The van der Waals surface area contributed by atoms with Gasteiger partial charge in [-0.1, -0.05) is 30.2 Å². The van der Waals surface area contributed by atoms with Crippen LogP contribution in [0.3, 0.4) is 0 Å². The number of hydrogen-bond donors (Lipinski definition) is 0. The van der Waals surface area contributed by atoms with E-state index >= 15 is 0 Å². The summed E-state index contributed by atoms with van der Waals surface area (Å²) in [6.45, 7) is 0.191. The van der Waals surface area contributed by atoms with Crippen LogP contribution in [0.2, 0.25) is 0 Å². The van der Waals surface area contributed by atoms with Crippen LogP contribution in [0.15, 0.2) is 48.7 Å². The first-order chi connectivity index (χ1) is 9.85. The predicted octanol–water partition coefficient (Wildman–Crippen LogP) is 3.16. The smallest absolute Gasteiger partial charge is 0.148 e. The molecule has 96 valence electrons. The van der Waals surface area contributed by atoms with E-state index in [1.54, 1.807) is 18.3 Å². The first kappa shape index (κ1) is 13.4. The van der Waals surface area contributed by atoms with Crippen molar-refractivity contribution in [2.75, 3.05) is 6.61 Å². The maximum absolute atomic E-state index is 9.28. The van der Waals surface area contributed by atoms with Gasteiger partial charge in [-0.3, -0.25) is 4.98 Å². The molecule has 0 bridgehead atoms. The Morgan fingerprint density at radius 1 is 1.25 bits per heavy atom. The van der Waals surface area contributed by atoms with Gasteiger partial charge in [0.05, 0.1) is 11.3 Å². The molecule has 0 aliphatic carbocycles. The normalized spacial score (nSPS) is 10.4. The lowest BCUT2D eigenvalue weighted by molar-refractivity contribution is 0.369. The van der Waals surface area contributed by atoms with Crippen molar-refractivity contribution in [3.63, 3.8) is 0 Å². The molecule has 0 saturated carbocycles. The fourth-order valence-electron chi connectivity index (χ4n) is 1.69. The molecule has 3 heteroatoms. The number of hydrogen-bond acceptors (Lipinski definition) is 3. The van der Waals surface area contributed by atoms with E-state index in [9.17, 15) is 5.26 Å². The number of terminal acetylenes is 1. The molecule has 0 amide bonds. The van der Waals surface area contributed by atoms with Gasteiger partial charge in [0, 0.05) is 11.8 Å². The highest BCUT2D eigenvalue weighted by atomic mass is 16.5. The minimum Gasteiger partial charge on any atom is -0.480 e. The molecule has 0 aliphatic rings. The van der Waals surface area contributed by atoms with Crippen LogP contribution in [0.25, 0.3) is 11.6 Å². The van der Waals surface area contributed by atoms with Gasteiger partial charge in [0.2, 0.25) is 0 Å². The number of nitrogens with zero attached hydrogens (tertiary/aromatic N) is 2. The van der Waals surface area contributed by atoms with Crippen molar-refractivity contribution in [3.8, 4) is 24.2 Å². The van der Waals surface area contributed by atoms with Crippen molar-refractivity contribution in [2.24, 2.45) is 0 Å². The molecule has 3 nitrogen and oxygen atoms in total. The molecule has 20 heavy (non-hydrogen) atoms. The summed E-state index contributed by atoms with van der Waals surface area (Å²) in [4.78, 5) is 4.17. The molecule has 0 radical (unpaired) electrons. The van der Waals surface area contributed by atoms with E-state index in [0.29, 0.717) is 17.0 Å². The molecule has 1 aromatic heterocycles. The highest BCUT2D eigenvalue weighted by Gasteiger charge is 2.05. The summed E-state index contributed by atoms with van der Waals surface area (Å²) in [6, 6.07) is 15.0. The Morgan fingerprint density at radius 2 is 2.05 bits per heavy atom. The first-order valence-corrected chi connectivity index (χ1v) is 6.03. The summed E-state index contributed by atoms with van der Waals surface area (Å²) >= 11 is 0. The quantitative estimate of drug-likeness (QED) is 0.626. The zero-order valence-electron chi connectivity index (χ0n) is 10.8. The summed E-state index contributed by atoms with van der Waals surface area (Å²) in [5.74, 6) is 3.07. The third-order valence-corrected chi connectivity index (χ3v) is 2.59. The number of ether oxygens (including phenoxy) is 1. The summed E-state index contributed by atoms with van der Waals surface area (Å²) in [7, 11) is 0. The average molecular weight is 260 g/mol. The van der Waals surface area contributed by atoms with Gasteiger partial charge in [-0.05, 0) is 24.3 Å². The third-order valence-electron chi connectivity index (χ3n) is 2.59. The number of pyridine rings is 1. The van der Waals surface area contributed by atoms with Gasteiger partial charge in [0.15, 0.2) is 0 Å². The van der Waals surface area contributed by atoms with Crippen molar-refractivity contribution in [1.29, 1.82) is 5.26 Å². The molecule has 0 atom stereocenters. The van der Waals surface area contributed by atoms with Crippen molar-refractivity contribution >= 4 is 11.6 Å². The summed E-state index contributed by atoms with van der Waals surface area (Å²) in [5.41, 5.74) is 1.90. The van der Waals surface area contributed by atoms with E-state index in [-0.39, 0.29) is 6.61 Å². The van der Waals surface area contributed by atoms with Crippen molar-refractivity contribution in [3.05, 3.63) is 59.9 Å². The minimum atomic E-state index is 0.191. The van der Waals surface area contributed by atoms with Crippen LogP contribution in [0, 0.1) is 23.7 Å². The Bertz CT molecular complexity index is 691. The molecule has 1 aromatic carbocycles. The SMILES string of the molecule is C#CCOc1ccccc1/C=C(\C#N)c1ccccn1. The van der Waals surface area contributed by atoms with Crippen molar-refractivity contribution in [1.82, 2.24) is 4.98 Å². The number of rotatable bonds is 4. The van der Waals surface area contributed by atoms with E-state index in [2.05, 4.69) is 17.0 Å². The van der Waals surface area contributed by atoms with Crippen LogP contribution < -0.4 is 4.74 Å². The molecule has 0 spiro atoms. The molecule has 0 saturated heterocycles. The molecule has 1 heterocycles. The summed E-state index contributed by atoms with van der Waals surface area (Å²) in [5, 5.41) is 9.28. The van der Waals surface area contributed by atoms with Gasteiger partial charge in [-0.15, -0.1) is 6.42 Å². The Morgan fingerprint density at radius 3 is 2.75 bits per heavy atom. The molecule has 0 aliphatic heterocycles. The fraction of sp³-hybridized carbons (Fsp3) is 0.0588. The monoisotopic (exact) mass is 260 g/mol. The van der Waals surface area contributed by atoms with Gasteiger partial charge < -0.3 is 4.74 Å². The van der Waals surface area contributed by atoms with Crippen LogP contribution in [-0.4, -0.2) is 11.6 Å². The zero-order valence-corrected chi connectivity index (χ0v) is 10.8. The van der Waals surface area contributed by atoms with E-state index in [1.165, 1.54) is 0 Å². The molecule has 0 unspecified atom stereocenters. The Balaban J connectivity index is 2.39. The van der Waals surface area contributed by atoms with Crippen molar-refractivity contribution < 1.29 is 4.74 Å². The molecule has 0 N–H and O–H groups in total. The maximum Gasteiger partial charge on any atom is 0.148 e. The van der Waals surface area contributed by atoms with Crippen LogP contribution in [0.4, 0.5) is 0 Å². The molecule has 2 aromatic rings. The number of nitriles is 1. The Kier molecular flexibility index (Phi) is 4.54. The largest absolute Gasteiger partial charge is 0.480 e. The van der Waals surface area contributed by atoms with E-state index in [4.69, 9.17) is 11.2 Å². The second-order valence-corrected chi connectivity index (χ2v) is 3.92. The molecule has 2 rings (SSSR count). The maximum atomic E-state index is 9.28. The summed E-state index contributed by atoms with van der Waals surface area (Å²) in [6.07, 6.45) is 8.59. The second kappa shape index (κ2) is 6.78. The van der Waals surface area contributed by atoms with Crippen molar-refractivity contribution in [2.45, 2.75) is 0 Å². The van der Waals surface area contributed by atoms with Crippen LogP contribution in [-0.2, 0) is 0 Å². The van der Waals surface area contributed by atoms with Gasteiger partial charge >= 0.3 is 0 Å². The number of benzene rings is 1. The topological polar surface area (TPSA) is 45.9 Å².